The Balaban J connectivity index is 3.88. The second-order valence-electron chi connectivity index (χ2n) is 4.19. The van der Waals surface area contributed by atoms with Crippen molar-refractivity contribution < 1.29 is 9.53 Å². The number of amides is 1. The van der Waals surface area contributed by atoms with Crippen LogP contribution in [0.3, 0.4) is 0 Å². The maximum atomic E-state index is 11.7. The standard InChI is InChI=1S/C11H24N2O2/c1-9(7-12)5-6-11(14)13(3)10(2)8-15-4/h9-10H,5-8,12H2,1-4H3. The minimum Gasteiger partial charge on any atom is -0.383 e. The zero-order valence-electron chi connectivity index (χ0n) is 10.3. The molecule has 0 spiro atoms. The van der Waals surface area contributed by atoms with E-state index >= 15 is 0 Å². The van der Waals surface area contributed by atoms with Crippen LogP contribution < -0.4 is 5.73 Å². The van der Waals surface area contributed by atoms with E-state index in [0.717, 1.165) is 6.42 Å². The van der Waals surface area contributed by atoms with Crippen LogP contribution in [-0.4, -0.2) is 44.2 Å². The SMILES string of the molecule is COCC(C)N(C)C(=O)CCC(C)CN. The summed E-state index contributed by atoms with van der Waals surface area (Å²) in [5.74, 6) is 0.583. The molecule has 0 aliphatic carbocycles. The first-order chi connectivity index (χ1) is 7.02. The van der Waals surface area contributed by atoms with Gasteiger partial charge in [-0.25, -0.2) is 0 Å². The highest BCUT2D eigenvalue weighted by molar-refractivity contribution is 5.76. The number of methoxy groups -OCH3 is 1. The molecule has 0 aromatic carbocycles. The van der Waals surface area contributed by atoms with Crippen molar-refractivity contribution in [1.29, 1.82) is 0 Å². The van der Waals surface area contributed by atoms with Crippen molar-refractivity contribution >= 4 is 5.91 Å². The third kappa shape index (κ3) is 5.74. The molecule has 0 aromatic rings. The maximum absolute atomic E-state index is 11.7. The predicted octanol–water partition coefficient (Wildman–Crippen LogP) is 0.855. The zero-order valence-corrected chi connectivity index (χ0v) is 10.3. The molecule has 0 aromatic heterocycles. The number of hydrogen-bond acceptors (Lipinski definition) is 3. The fraction of sp³-hybridized carbons (Fsp3) is 0.909. The minimum atomic E-state index is 0.135. The average molecular weight is 216 g/mol. The van der Waals surface area contributed by atoms with E-state index in [9.17, 15) is 4.79 Å². The van der Waals surface area contributed by atoms with Crippen molar-refractivity contribution in [2.75, 3.05) is 27.3 Å². The summed E-state index contributed by atoms with van der Waals surface area (Å²) in [6.07, 6.45) is 1.43. The summed E-state index contributed by atoms with van der Waals surface area (Å²) in [5.41, 5.74) is 5.50. The Morgan fingerprint density at radius 3 is 2.53 bits per heavy atom. The molecule has 4 nitrogen and oxygen atoms in total. The fourth-order valence-corrected chi connectivity index (χ4v) is 1.26. The van der Waals surface area contributed by atoms with Crippen molar-refractivity contribution in [1.82, 2.24) is 4.90 Å². The first-order valence-electron chi connectivity index (χ1n) is 5.47. The van der Waals surface area contributed by atoms with Crippen LogP contribution in [0, 0.1) is 5.92 Å². The summed E-state index contributed by atoms with van der Waals surface area (Å²) < 4.78 is 5.01. The van der Waals surface area contributed by atoms with Crippen LogP contribution in [0.25, 0.3) is 0 Å². The van der Waals surface area contributed by atoms with E-state index in [1.165, 1.54) is 0 Å². The third-order valence-corrected chi connectivity index (χ3v) is 2.72. The van der Waals surface area contributed by atoms with Gasteiger partial charge in [-0.3, -0.25) is 4.79 Å². The summed E-state index contributed by atoms with van der Waals surface area (Å²) in [5, 5.41) is 0. The molecule has 0 saturated carbocycles. The van der Waals surface area contributed by atoms with E-state index < -0.39 is 0 Å². The van der Waals surface area contributed by atoms with E-state index in [2.05, 4.69) is 6.92 Å². The summed E-state index contributed by atoms with van der Waals surface area (Å²) in [4.78, 5) is 13.5. The normalized spacial score (nSPS) is 14.7. The maximum Gasteiger partial charge on any atom is 0.222 e. The molecule has 90 valence electrons. The molecule has 0 bridgehead atoms. The summed E-state index contributed by atoms with van der Waals surface area (Å²) in [7, 11) is 3.46. The van der Waals surface area contributed by atoms with Crippen LogP contribution in [0.5, 0.6) is 0 Å². The van der Waals surface area contributed by atoms with Crippen LogP contribution in [0.15, 0.2) is 0 Å². The summed E-state index contributed by atoms with van der Waals surface area (Å²) in [6, 6.07) is 0.135. The number of nitrogens with two attached hydrogens (primary N) is 1. The largest absolute Gasteiger partial charge is 0.383 e. The third-order valence-electron chi connectivity index (χ3n) is 2.72. The van der Waals surface area contributed by atoms with Gasteiger partial charge in [-0.2, -0.15) is 0 Å². The fourth-order valence-electron chi connectivity index (χ4n) is 1.26. The minimum absolute atomic E-state index is 0.135. The Kier molecular flexibility index (Phi) is 7.34. The van der Waals surface area contributed by atoms with Gasteiger partial charge in [0.25, 0.3) is 0 Å². The number of nitrogens with zero attached hydrogens (tertiary/aromatic N) is 1. The van der Waals surface area contributed by atoms with Crippen LogP contribution >= 0.6 is 0 Å². The molecule has 15 heavy (non-hydrogen) atoms. The van der Waals surface area contributed by atoms with Crippen molar-refractivity contribution in [2.45, 2.75) is 32.7 Å². The molecule has 2 N–H and O–H groups in total. The van der Waals surface area contributed by atoms with E-state index in [1.54, 1.807) is 12.0 Å². The lowest BCUT2D eigenvalue weighted by Gasteiger charge is -2.24. The number of hydrogen-bond donors (Lipinski definition) is 1. The van der Waals surface area contributed by atoms with E-state index in [1.807, 2.05) is 14.0 Å². The lowest BCUT2D eigenvalue weighted by atomic mass is 10.1. The smallest absolute Gasteiger partial charge is 0.222 e. The molecule has 4 heteroatoms. The molecule has 0 radical (unpaired) electrons. The lowest BCUT2D eigenvalue weighted by molar-refractivity contribution is -0.132. The van der Waals surface area contributed by atoms with E-state index in [4.69, 9.17) is 10.5 Å². The lowest BCUT2D eigenvalue weighted by Crippen LogP contribution is -2.37. The van der Waals surface area contributed by atoms with Gasteiger partial charge >= 0.3 is 0 Å². The zero-order chi connectivity index (χ0) is 11.8. The van der Waals surface area contributed by atoms with Crippen molar-refractivity contribution in [3.63, 3.8) is 0 Å². The van der Waals surface area contributed by atoms with Crippen LogP contribution in [-0.2, 0) is 9.53 Å². The van der Waals surface area contributed by atoms with Crippen molar-refractivity contribution in [3.8, 4) is 0 Å². The Morgan fingerprint density at radius 1 is 1.47 bits per heavy atom. The number of carbonyl (C=O) groups excluding carboxylic acids is 1. The first kappa shape index (κ1) is 14.4. The molecule has 0 saturated heterocycles. The number of rotatable bonds is 7. The Hall–Kier alpha value is -0.610. The Labute approximate surface area is 92.8 Å². The summed E-state index contributed by atoms with van der Waals surface area (Å²) in [6.45, 7) is 5.26. The molecule has 0 rings (SSSR count). The first-order valence-corrected chi connectivity index (χ1v) is 5.47. The topological polar surface area (TPSA) is 55.6 Å². The molecule has 0 heterocycles. The average Bonchev–Trinajstić information content (AvgIpc) is 2.24. The summed E-state index contributed by atoms with van der Waals surface area (Å²) >= 11 is 0. The highest BCUT2D eigenvalue weighted by Gasteiger charge is 2.15. The van der Waals surface area contributed by atoms with Gasteiger partial charge in [-0.15, -0.1) is 0 Å². The number of ether oxygens (including phenoxy) is 1. The Morgan fingerprint density at radius 2 is 2.07 bits per heavy atom. The van der Waals surface area contributed by atoms with Crippen molar-refractivity contribution in [2.24, 2.45) is 11.7 Å². The molecule has 2 unspecified atom stereocenters. The van der Waals surface area contributed by atoms with Crippen LogP contribution in [0.4, 0.5) is 0 Å². The highest BCUT2D eigenvalue weighted by atomic mass is 16.5. The highest BCUT2D eigenvalue weighted by Crippen LogP contribution is 2.07. The van der Waals surface area contributed by atoms with Gasteiger partial charge < -0.3 is 15.4 Å². The van der Waals surface area contributed by atoms with E-state index in [-0.39, 0.29) is 11.9 Å². The van der Waals surface area contributed by atoms with Gasteiger partial charge in [0.1, 0.15) is 0 Å². The number of likely N-dealkylation sites (N-methyl/N-ethyl adjacent to an activating group) is 1. The number of carbonyl (C=O) groups is 1. The molecule has 2 atom stereocenters. The van der Waals surface area contributed by atoms with Gasteiger partial charge in [0.2, 0.25) is 5.91 Å². The molecular formula is C11H24N2O2. The predicted molar refractivity (Wildman–Crippen MR) is 61.6 cm³/mol. The monoisotopic (exact) mass is 216 g/mol. The van der Waals surface area contributed by atoms with Gasteiger partial charge in [-0.05, 0) is 25.8 Å². The van der Waals surface area contributed by atoms with Gasteiger partial charge in [0, 0.05) is 20.6 Å². The van der Waals surface area contributed by atoms with Crippen LogP contribution in [0.1, 0.15) is 26.7 Å². The van der Waals surface area contributed by atoms with E-state index in [0.29, 0.717) is 25.5 Å². The van der Waals surface area contributed by atoms with Gasteiger partial charge in [0.15, 0.2) is 0 Å². The molecule has 0 fully saturated rings. The molecule has 0 aliphatic heterocycles. The quantitative estimate of drug-likeness (QED) is 0.686. The van der Waals surface area contributed by atoms with Crippen LogP contribution in [0.2, 0.25) is 0 Å². The Bertz CT molecular complexity index is 185. The van der Waals surface area contributed by atoms with Gasteiger partial charge in [-0.1, -0.05) is 6.92 Å². The van der Waals surface area contributed by atoms with Gasteiger partial charge in [0.05, 0.1) is 12.6 Å². The molecule has 0 aliphatic rings. The second-order valence-corrected chi connectivity index (χ2v) is 4.19. The second kappa shape index (κ2) is 7.65. The molecular weight excluding hydrogens is 192 g/mol. The van der Waals surface area contributed by atoms with Crippen molar-refractivity contribution in [3.05, 3.63) is 0 Å². The molecule has 1 amide bonds.